The summed E-state index contributed by atoms with van der Waals surface area (Å²) in [5, 5.41) is 0.487. The Bertz CT molecular complexity index is 100. The number of hydrogen-bond acceptors (Lipinski definition) is 1. The molecule has 1 fully saturated rings. The fraction of sp³-hybridized carbons (Fsp3) is 1.00. The van der Waals surface area contributed by atoms with Crippen LogP contribution in [0.15, 0.2) is 0 Å². The number of rotatable bonds is 0. The van der Waals surface area contributed by atoms with Crippen LogP contribution in [0.25, 0.3) is 0 Å². The zero-order chi connectivity index (χ0) is 7.61. The van der Waals surface area contributed by atoms with Crippen molar-refractivity contribution in [2.75, 3.05) is 6.61 Å². The normalized spacial score (nSPS) is 28.5. The highest BCUT2D eigenvalue weighted by molar-refractivity contribution is 6.55. The smallest absolute Gasteiger partial charge is 0.182 e. The van der Waals surface area contributed by atoms with Crippen LogP contribution < -0.4 is 0 Å². The Kier molecular flexibility index (Phi) is 2.53. The summed E-state index contributed by atoms with van der Waals surface area (Å²) < 4.78 is 5.78. The largest absolute Gasteiger partial charge is 0.420 e. The van der Waals surface area contributed by atoms with Gasteiger partial charge in [0.15, 0.2) is 9.04 Å². The van der Waals surface area contributed by atoms with Gasteiger partial charge < -0.3 is 4.43 Å². The van der Waals surface area contributed by atoms with Crippen molar-refractivity contribution < 1.29 is 4.43 Å². The first kappa shape index (κ1) is 8.28. The molecule has 0 radical (unpaired) electrons. The molecule has 0 aromatic heterocycles. The lowest BCUT2D eigenvalue weighted by molar-refractivity contribution is 0.270. The lowest BCUT2D eigenvalue weighted by Gasteiger charge is -2.31. The van der Waals surface area contributed by atoms with Gasteiger partial charge in [-0.15, -0.1) is 0 Å². The quantitative estimate of drug-likeness (QED) is 0.492. The third-order valence-electron chi connectivity index (χ3n) is 2.15. The van der Waals surface area contributed by atoms with E-state index in [4.69, 9.17) is 4.43 Å². The number of hydrogen-bond donors (Lipinski definition) is 0. The van der Waals surface area contributed by atoms with Crippen molar-refractivity contribution in [2.24, 2.45) is 0 Å². The molecule has 0 spiro atoms. The van der Waals surface area contributed by atoms with Gasteiger partial charge >= 0.3 is 0 Å². The van der Waals surface area contributed by atoms with Crippen LogP contribution in [0.5, 0.6) is 0 Å². The summed E-state index contributed by atoms with van der Waals surface area (Å²) >= 11 is 0. The maximum Gasteiger partial charge on any atom is 0.182 e. The van der Waals surface area contributed by atoms with Crippen molar-refractivity contribution in [3.05, 3.63) is 0 Å². The molecule has 10 heavy (non-hydrogen) atoms. The monoisotopic (exact) mass is 158 g/mol. The van der Waals surface area contributed by atoms with E-state index in [1.807, 2.05) is 0 Å². The summed E-state index contributed by atoms with van der Waals surface area (Å²) in [7, 11) is -0.814. The van der Waals surface area contributed by atoms with Crippen LogP contribution in [0.4, 0.5) is 0 Å². The van der Waals surface area contributed by atoms with Crippen LogP contribution in [0, 0.1) is 0 Å². The van der Waals surface area contributed by atoms with E-state index < -0.39 is 9.04 Å². The molecule has 60 valence electrons. The fourth-order valence-electron chi connectivity index (χ4n) is 1.42. The first-order valence-corrected chi connectivity index (χ1v) is 6.09. The van der Waals surface area contributed by atoms with Crippen molar-refractivity contribution >= 4 is 9.04 Å². The van der Waals surface area contributed by atoms with Gasteiger partial charge in [-0.1, -0.05) is 27.2 Å². The van der Waals surface area contributed by atoms with Gasteiger partial charge in [0.25, 0.3) is 0 Å². The average Bonchev–Trinajstić information content (AvgIpc) is 1.88. The first-order chi connectivity index (χ1) is 4.61. The molecule has 1 atom stereocenters. The van der Waals surface area contributed by atoms with Crippen LogP contribution >= 0.6 is 0 Å². The standard InChI is InChI=1S/C8H18OSi/c1-8(2,3)10-7-5-4-6-9-10/h10H,4-7H2,1-3H3. The Labute approximate surface area is 65.5 Å². The molecule has 0 aromatic rings. The predicted octanol–water partition coefficient (Wildman–Crippen LogP) is 2.32. The van der Waals surface area contributed by atoms with Gasteiger partial charge in [-0.05, 0) is 17.5 Å². The molecule has 2 heteroatoms. The molecule has 1 saturated heterocycles. The highest BCUT2D eigenvalue weighted by Gasteiger charge is 2.29. The third kappa shape index (κ3) is 2.10. The van der Waals surface area contributed by atoms with Gasteiger partial charge in [0.1, 0.15) is 0 Å². The molecular formula is C8H18OSi. The van der Waals surface area contributed by atoms with Gasteiger partial charge in [0.05, 0.1) is 0 Å². The van der Waals surface area contributed by atoms with E-state index >= 15 is 0 Å². The maximum atomic E-state index is 5.78. The maximum absolute atomic E-state index is 5.78. The molecule has 0 aromatic carbocycles. The minimum atomic E-state index is -0.814. The van der Waals surface area contributed by atoms with Crippen molar-refractivity contribution in [1.82, 2.24) is 0 Å². The molecule has 1 unspecified atom stereocenters. The first-order valence-electron chi connectivity index (χ1n) is 4.22. The summed E-state index contributed by atoms with van der Waals surface area (Å²) in [5.41, 5.74) is 0. The molecule has 1 nitrogen and oxygen atoms in total. The van der Waals surface area contributed by atoms with Crippen LogP contribution in [-0.2, 0) is 4.43 Å². The van der Waals surface area contributed by atoms with Gasteiger partial charge in [0.2, 0.25) is 0 Å². The van der Waals surface area contributed by atoms with Gasteiger partial charge in [-0.2, -0.15) is 0 Å². The van der Waals surface area contributed by atoms with Crippen LogP contribution in [0.2, 0.25) is 11.1 Å². The second-order valence-electron chi connectivity index (χ2n) is 4.22. The Morgan fingerprint density at radius 3 is 2.20 bits per heavy atom. The lowest BCUT2D eigenvalue weighted by atomic mass is 10.2. The molecule has 0 bridgehead atoms. The molecule has 0 amide bonds. The van der Waals surface area contributed by atoms with Crippen molar-refractivity contribution in [2.45, 2.75) is 44.7 Å². The van der Waals surface area contributed by atoms with E-state index in [0.717, 1.165) is 6.61 Å². The Balaban J connectivity index is 2.39. The van der Waals surface area contributed by atoms with Gasteiger partial charge in [0, 0.05) is 6.61 Å². The van der Waals surface area contributed by atoms with Crippen LogP contribution in [0.1, 0.15) is 33.6 Å². The Hall–Kier alpha value is 0.177. The van der Waals surface area contributed by atoms with E-state index in [1.54, 1.807) is 0 Å². The summed E-state index contributed by atoms with van der Waals surface area (Å²) in [6, 6.07) is 1.39. The second-order valence-corrected chi connectivity index (χ2v) is 7.84. The molecule has 1 heterocycles. The Morgan fingerprint density at radius 1 is 1.20 bits per heavy atom. The van der Waals surface area contributed by atoms with E-state index in [1.165, 1.54) is 18.9 Å². The van der Waals surface area contributed by atoms with E-state index in [0.29, 0.717) is 5.04 Å². The molecule has 0 aliphatic carbocycles. The van der Waals surface area contributed by atoms with E-state index in [9.17, 15) is 0 Å². The predicted molar refractivity (Wildman–Crippen MR) is 46.9 cm³/mol. The molecule has 0 saturated carbocycles. The van der Waals surface area contributed by atoms with Gasteiger partial charge in [-0.3, -0.25) is 0 Å². The molecule has 1 aliphatic heterocycles. The zero-order valence-corrected chi connectivity index (χ0v) is 8.47. The van der Waals surface area contributed by atoms with Crippen molar-refractivity contribution in [3.8, 4) is 0 Å². The summed E-state index contributed by atoms with van der Waals surface area (Å²) in [4.78, 5) is 0. The minimum absolute atomic E-state index is 0.487. The summed E-state index contributed by atoms with van der Waals surface area (Å²) in [6.07, 6.45) is 2.70. The molecule has 1 aliphatic rings. The van der Waals surface area contributed by atoms with Crippen molar-refractivity contribution in [1.29, 1.82) is 0 Å². The molecule has 0 N–H and O–H groups in total. The van der Waals surface area contributed by atoms with Crippen LogP contribution in [0.3, 0.4) is 0 Å². The van der Waals surface area contributed by atoms with E-state index in [2.05, 4.69) is 20.8 Å². The SMILES string of the molecule is CC(C)(C)[SiH]1CCCCO1. The topological polar surface area (TPSA) is 9.23 Å². The van der Waals surface area contributed by atoms with Crippen LogP contribution in [-0.4, -0.2) is 15.6 Å². The average molecular weight is 158 g/mol. The Morgan fingerprint density at radius 2 is 1.90 bits per heavy atom. The third-order valence-corrected chi connectivity index (χ3v) is 5.65. The second kappa shape index (κ2) is 3.05. The fourth-order valence-corrected chi connectivity index (χ4v) is 4.07. The summed E-state index contributed by atoms with van der Waals surface area (Å²) in [6.45, 7) is 7.98. The minimum Gasteiger partial charge on any atom is -0.420 e. The zero-order valence-electron chi connectivity index (χ0n) is 7.31. The van der Waals surface area contributed by atoms with Crippen molar-refractivity contribution in [3.63, 3.8) is 0 Å². The highest BCUT2D eigenvalue weighted by Crippen LogP contribution is 2.32. The molecule has 1 rings (SSSR count). The highest BCUT2D eigenvalue weighted by atomic mass is 28.3. The molecular weight excluding hydrogens is 140 g/mol. The lowest BCUT2D eigenvalue weighted by Crippen LogP contribution is -2.32. The summed E-state index contributed by atoms with van der Waals surface area (Å²) in [5.74, 6) is 0. The van der Waals surface area contributed by atoms with E-state index in [-0.39, 0.29) is 0 Å². The van der Waals surface area contributed by atoms with Gasteiger partial charge in [-0.25, -0.2) is 0 Å².